The van der Waals surface area contributed by atoms with Gasteiger partial charge in [-0.3, -0.25) is 9.10 Å². The second kappa shape index (κ2) is 10.7. The molecule has 0 radical (unpaired) electrons. The van der Waals surface area contributed by atoms with Crippen molar-refractivity contribution in [2.75, 3.05) is 41.9 Å². The fourth-order valence-electron chi connectivity index (χ4n) is 4.44. The first-order valence-corrected chi connectivity index (χ1v) is 13.7. The first-order chi connectivity index (χ1) is 17.9. The summed E-state index contributed by atoms with van der Waals surface area (Å²) in [5, 5.41) is 0. The lowest BCUT2D eigenvalue weighted by Crippen LogP contribution is -2.52. The maximum Gasteiger partial charge on any atom is 0.416 e. The molecule has 0 aromatic heterocycles. The zero-order valence-corrected chi connectivity index (χ0v) is 22.3. The third-order valence-corrected chi connectivity index (χ3v) is 8.47. The molecule has 6 nitrogen and oxygen atoms in total. The number of halogens is 3. The number of nitrogens with zero attached hydrogens (tertiary/aromatic N) is 3. The Morgan fingerprint density at radius 1 is 0.868 bits per heavy atom. The molecule has 202 valence electrons. The number of amides is 1. The van der Waals surface area contributed by atoms with Crippen LogP contribution in [0.4, 0.5) is 24.5 Å². The van der Waals surface area contributed by atoms with Crippen LogP contribution in [0.25, 0.3) is 0 Å². The monoisotopic (exact) mass is 545 g/mol. The molecule has 38 heavy (non-hydrogen) atoms. The summed E-state index contributed by atoms with van der Waals surface area (Å²) in [6.45, 7) is 6.33. The lowest BCUT2D eigenvalue weighted by Gasteiger charge is -2.37. The van der Waals surface area contributed by atoms with Crippen molar-refractivity contribution >= 4 is 27.3 Å². The summed E-state index contributed by atoms with van der Waals surface area (Å²) in [4.78, 5) is 16.8. The molecule has 4 rings (SSSR count). The fourth-order valence-corrected chi connectivity index (χ4v) is 5.91. The molecule has 0 spiro atoms. The second-order valence-corrected chi connectivity index (χ2v) is 11.4. The highest BCUT2D eigenvalue weighted by Gasteiger charge is 2.33. The van der Waals surface area contributed by atoms with Gasteiger partial charge < -0.3 is 9.80 Å². The topological polar surface area (TPSA) is 60.9 Å². The zero-order chi connectivity index (χ0) is 27.7. The van der Waals surface area contributed by atoms with E-state index in [1.807, 2.05) is 26.0 Å². The van der Waals surface area contributed by atoms with Gasteiger partial charge in [0.25, 0.3) is 10.0 Å². The summed E-state index contributed by atoms with van der Waals surface area (Å²) in [7, 11) is -4.05. The number of carbonyl (C=O) groups excluding carboxylic acids is 1. The molecule has 0 N–H and O–H groups in total. The van der Waals surface area contributed by atoms with E-state index in [9.17, 15) is 26.4 Å². The molecule has 0 atom stereocenters. The van der Waals surface area contributed by atoms with E-state index in [2.05, 4.69) is 0 Å². The number of piperazine rings is 1. The Balaban J connectivity index is 1.55. The van der Waals surface area contributed by atoms with Crippen LogP contribution < -0.4 is 9.21 Å². The van der Waals surface area contributed by atoms with Gasteiger partial charge in [0.2, 0.25) is 5.91 Å². The van der Waals surface area contributed by atoms with E-state index in [-0.39, 0.29) is 30.4 Å². The summed E-state index contributed by atoms with van der Waals surface area (Å²) in [5.41, 5.74) is 2.63. The van der Waals surface area contributed by atoms with E-state index in [0.717, 1.165) is 27.6 Å². The van der Waals surface area contributed by atoms with E-state index in [1.165, 1.54) is 18.2 Å². The molecule has 1 fully saturated rings. The van der Waals surface area contributed by atoms with Crippen LogP contribution in [-0.2, 0) is 21.0 Å². The van der Waals surface area contributed by atoms with Crippen LogP contribution in [0.15, 0.2) is 71.6 Å². The Kier molecular flexibility index (Phi) is 7.73. The lowest BCUT2D eigenvalue weighted by atomic mass is 10.1. The molecule has 10 heteroatoms. The van der Waals surface area contributed by atoms with Gasteiger partial charge >= 0.3 is 6.18 Å². The molecular weight excluding hydrogens is 515 g/mol. The second-order valence-electron chi connectivity index (χ2n) is 9.53. The van der Waals surface area contributed by atoms with Crippen LogP contribution >= 0.6 is 0 Å². The van der Waals surface area contributed by atoms with Crippen molar-refractivity contribution in [3.63, 3.8) is 0 Å². The highest BCUT2D eigenvalue weighted by molar-refractivity contribution is 7.92. The predicted molar refractivity (Wildman–Crippen MR) is 142 cm³/mol. The molecule has 0 bridgehead atoms. The van der Waals surface area contributed by atoms with Gasteiger partial charge in [-0.1, -0.05) is 35.9 Å². The molecule has 1 amide bonds. The SMILES string of the molecule is Cc1ccc(S(=O)(=O)N(CC(=O)N2CCN(c3cccc(C(F)(F)F)c3)CC2)c2cc(C)ccc2C)cc1. The Bertz CT molecular complexity index is 1420. The van der Waals surface area contributed by atoms with Crippen LogP contribution in [0, 0.1) is 20.8 Å². The average Bonchev–Trinajstić information content (AvgIpc) is 2.88. The molecule has 1 aliphatic heterocycles. The summed E-state index contributed by atoms with van der Waals surface area (Å²) >= 11 is 0. The van der Waals surface area contributed by atoms with Crippen molar-refractivity contribution in [2.45, 2.75) is 31.8 Å². The highest BCUT2D eigenvalue weighted by Crippen LogP contribution is 2.32. The van der Waals surface area contributed by atoms with E-state index < -0.39 is 21.8 Å². The maximum atomic E-state index is 13.7. The summed E-state index contributed by atoms with van der Waals surface area (Å²) < 4.78 is 68.0. The quantitative estimate of drug-likeness (QED) is 0.429. The smallest absolute Gasteiger partial charge is 0.368 e. The van der Waals surface area contributed by atoms with Crippen LogP contribution in [0.5, 0.6) is 0 Å². The summed E-state index contributed by atoms with van der Waals surface area (Å²) in [5.74, 6) is -0.370. The Labute approximate surface area is 221 Å². The van der Waals surface area contributed by atoms with Crippen molar-refractivity contribution in [2.24, 2.45) is 0 Å². The van der Waals surface area contributed by atoms with Crippen molar-refractivity contribution in [1.29, 1.82) is 0 Å². The summed E-state index contributed by atoms with van der Waals surface area (Å²) in [6.07, 6.45) is -4.44. The molecule has 3 aromatic rings. The van der Waals surface area contributed by atoms with Gasteiger partial charge in [0.15, 0.2) is 0 Å². The normalized spacial score (nSPS) is 14.5. The van der Waals surface area contributed by atoms with Crippen molar-refractivity contribution in [3.05, 3.63) is 89.0 Å². The van der Waals surface area contributed by atoms with Gasteiger partial charge in [0.1, 0.15) is 6.54 Å². The standard InChI is InChI=1S/C28H30F3N3O3S/c1-20-8-11-25(12-9-20)38(36,37)34(26-17-21(2)7-10-22(26)3)19-27(35)33-15-13-32(14-16-33)24-6-4-5-23(18-24)28(29,30)31/h4-12,17-18H,13-16,19H2,1-3H3. The molecule has 3 aromatic carbocycles. The Morgan fingerprint density at radius 2 is 1.50 bits per heavy atom. The minimum Gasteiger partial charge on any atom is -0.368 e. The van der Waals surface area contributed by atoms with Gasteiger partial charge in [-0.2, -0.15) is 13.2 Å². The number of benzene rings is 3. The molecule has 0 unspecified atom stereocenters. The highest BCUT2D eigenvalue weighted by atomic mass is 32.2. The van der Waals surface area contributed by atoms with E-state index in [4.69, 9.17) is 0 Å². The Morgan fingerprint density at radius 3 is 2.13 bits per heavy atom. The first kappa shape index (κ1) is 27.5. The fraction of sp³-hybridized carbons (Fsp3) is 0.321. The van der Waals surface area contributed by atoms with Crippen LogP contribution in [0.1, 0.15) is 22.3 Å². The van der Waals surface area contributed by atoms with E-state index in [0.29, 0.717) is 30.0 Å². The lowest BCUT2D eigenvalue weighted by molar-refractivity contribution is -0.137. The van der Waals surface area contributed by atoms with Crippen LogP contribution in [0.3, 0.4) is 0 Å². The molecule has 1 aliphatic rings. The first-order valence-electron chi connectivity index (χ1n) is 12.2. The van der Waals surface area contributed by atoms with E-state index >= 15 is 0 Å². The van der Waals surface area contributed by atoms with Crippen molar-refractivity contribution < 1.29 is 26.4 Å². The number of alkyl halides is 3. The molecule has 0 saturated carbocycles. The van der Waals surface area contributed by atoms with Crippen molar-refractivity contribution in [1.82, 2.24) is 4.90 Å². The van der Waals surface area contributed by atoms with Gasteiger partial charge in [-0.05, 0) is 68.3 Å². The maximum absolute atomic E-state index is 13.7. The van der Waals surface area contributed by atoms with Crippen molar-refractivity contribution in [3.8, 4) is 0 Å². The average molecular weight is 546 g/mol. The van der Waals surface area contributed by atoms with Crippen LogP contribution in [-0.4, -0.2) is 51.9 Å². The largest absolute Gasteiger partial charge is 0.416 e. The molecule has 0 aliphatic carbocycles. The van der Waals surface area contributed by atoms with Crippen LogP contribution in [0.2, 0.25) is 0 Å². The number of anilines is 2. The minimum absolute atomic E-state index is 0.0890. The van der Waals surface area contributed by atoms with Gasteiger partial charge in [-0.15, -0.1) is 0 Å². The van der Waals surface area contributed by atoms with E-state index in [1.54, 1.807) is 41.0 Å². The molecule has 1 saturated heterocycles. The Hall–Kier alpha value is -3.53. The molecular formula is C28H30F3N3O3S. The number of rotatable bonds is 6. The number of carbonyl (C=O) groups is 1. The summed E-state index contributed by atoms with van der Waals surface area (Å²) in [6, 6.07) is 17.0. The van der Waals surface area contributed by atoms with Gasteiger partial charge in [-0.25, -0.2) is 8.42 Å². The predicted octanol–water partition coefficient (Wildman–Crippen LogP) is 5.17. The van der Waals surface area contributed by atoms with Gasteiger partial charge in [0, 0.05) is 31.9 Å². The number of aryl methyl sites for hydroxylation is 3. The number of sulfonamides is 1. The molecule has 1 heterocycles. The minimum atomic E-state index is -4.44. The third-order valence-electron chi connectivity index (χ3n) is 6.69. The number of hydrogen-bond donors (Lipinski definition) is 0. The third kappa shape index (κ3) is 5.96. The van der Waals surface area contributed by atoms with Gasteiger partial charge in [0.05, 0.1) is 16.1 Å². The zero-order valence-electron chi connectivity index (χ0n) is 21.5. The number of hydrogen-bond acceptors (Lipinski definition) is 4.